The van der Waals surface area contributed by atoms with Crippen LogP contribution in [-0.2, 0) is 4.79 Å². The zero-order chi connectivity index (χ0) is 26.6. The number of carbonyl (C=O) groups excluding carboxylic acids is 1. The summed E-state index contributed by atoms with van der Waals surface area (Å²) < 4.78 is 6.35. The summed E-state index contributed by atoms with van der Waals surface area (Å²) in [6.07, 6.45) is 1.96. The second-order valence-corrected chi connectivity index (χ2v) is 9.41. The summed E-state index contributed by atoms with van der Waals surface area (Å²) in [5, 5.41) is 16.1. The summed E-state index contributed by atoms with van der Waals surface area (Å²) in [6.45, 7) is 2.23. The lowest BCUT2D eigenvalue weighted by Crippen LogP contribution is -2.32. The highest BCUT2D eigenvalue weighted by Gasteiger charge is 2.41. The van der Waals surface area contributed by atoms with Crippen molar-refractivity contribution in [3.05, 3.63) is 108 Å². The molecule has 1 aliphatic rings. The number of aryl methyl sites for hydroxylation is 1. The maximum absolute atomic E-state index is 12.7. The Morgan fingerprint density at radius 3 is 2.58 bits per heavy atom. The van der Waals surface area contributed by atoms with Crippen LogP contribution in [0.15, 0.2) is 89.5 Å². The fourth-order valence-corrected chi connectivity index (χ4v) is 4.98. The first-order valence-electron chi connectivity index (χ1n) is 12.2. The molecule has 38 heavy (non-hydrogen) atoms. The molecule has 192 valence electrons. The van der Waals surface area contributed by atoms with E-state index in [9.17, 15) is 14.7 Å². The number of benzene rings is 2. The van der Waals surface area contributed by atoms with Crippen molar-refractivity contribution < 1.29 is 19.1 Å². The minimum absolute atomic E-state index is 0.117. The minimum Gasteiger partial charge on any atom is -0.478 e. The summed E-state index contributed by atoms with van der Waals surface area (Å²) in [6, 6.07) is 23.1. The average Bonchev–Trinajstić information content (AvgIpc) is 3.52. The zero-order valence-electron chi connectivity index (χ0n) is 20.6. The lowest BCUT2D eigenvalue weighted by molar-refractivity contribution is -0.116. The largest absolute Gasteiger partial charge is 0.478 e. The number of aromatic nitrogens is 1. The molecule has 0 saturated carbocycles. The van der Waals surface area contributed by atoms with Gasteiger partial charge in [-0.2, -0.15) is 0 Å². The van der Waals surface area contributed by atoms with Gasteiger partial charge < -0.3 is 25.1 Å². The van der Waals surface area contributed by atoms with E-state index in [-0.39, 0.29) is 30.0 Å². The molecule has 1 amide bonds. The second-order valence-electron chi connectivity index (χ2n) is 9.02. The molecule has 0 aliphatic carbocycles. The molecule has 3 heterocycles. The number of furan rings is 1. The number of carboxylic acids is 1. The van der Waals surface area contributed by atoms with Crippen LogP contribution in [-0.4, -0.2) is 38.5 Å². The molecule has 0 bridgehead atoms. The number of pyridine rings is 1. The number of anilines is 1. The van der Waals surface area contributed by atoms with Crippen LogP contribution >= 0.6 is 12.2 Å². The van der Waals surface area contributed by atoms with Gasteiger partial charge in [-0.1, -0.05) is 30.3 Å². The van der Waals surface area contributed by atoms with Gasteiger partial charge in [0.05, 0.1) is 17.3 Å². The number of amides is 1. The van der Waals surface area contributed by atoms with E-state index in [1.54, 1.807) is 24.4 Å². The van der Waals surface area contributed by atoms with Gasteiger partial charge in [0.2, 0.25) is 5.91 Å². The topological polar surface area (TPSA) is 108 Å². The Bertz CT molecular complexity index is 1470. The maximum atomic E-state index is 12.7. The molecular weight excluding hydrogens is 500 g/mol. The van der Waals surface area contributed by atoms with Gasteiger partial charge in [-0.3, -0.25) is 9.78 Å². The molecule has 9 heteroatoms. The summed E-state index contributed by atoms with van der Waals surface area (Å²) in [5.74, 6) is 0.186. The fraction of sp³-hybridized carbons (Fsp3) is 0.172. The molecule has 1 saturated heterocycles. The first-order valence-corrected chi connectivity index (χ1v) is 12.6. The lowest BCUT2D eigenvalue weighted by Gasteiger charge is -2.25. The maximum Gasteiger partial charge on any atom is 0.335 e. The van der Waals surface area contributed by atoms with Crippen LogP contribution in [0.25, 0.3) is 11.3 Å². The first kappa shape index (κ1) is 25.2. The van der Waals surface area contributed by atoms with Crippen LogP contribution in [0.4, 0.5) is 5.69 Å². The number of carboxylic acid groups (broad SMARTS) is 1. The van der Waals surface area contributed by atoms with E-state index in [1.807, 2.05) is 72.5 Å². The van der Waals surface area contributed by atoms with Crippen LogP contribution in [0, 0.1) is 6.92 Å². The Balaban J connectivity index is 1.42. The third-order valence-corrected chi connectivity index (χ3v) is 6.84. The van der Waals surface area contributed by atoms with Crippen molar-refractivity contribution in [2.24, 2.45) is 0 Å². The second kappa shape index (κ2) is 10.9. The molecule has 0 spiro atoms. The molecule has 2 aromatic heterocycles. The van der Waals surface area contributed by atoms with Gasteiger partial charge in [0.25, 0.3) is 0 Å². The molecule has 1 aliphatic heterocycles. The van der Waals surface area contributed by atoms with E-state index in [4.69, 9.17) is 16.6 Å². The number of rotatable bonds is 8. The molecule has 5 rings (SSSR count). The van der Waals surface area contributed by atoms with E-state index in [0.29, 0.717) is 23.2 Å². The Morgan fingerprint density at radius 2 is 1.87 bits per heavy atom. The lowest BCUT2D eigenvalue weighted by atomic mass is 10.0. The van der Waals surface area contributed by atoms with Crippen LogP contribution in [0.5, 0.6) is 0 Å². The molecular formula is C29H26N4O4S. The van der Waals surface area contributed by atoms with Crippen molar-refractivity contribution in [2.45, 2.75) is 25.4 Å². The fourth-order valence-electron chi connectivity index (χ4n) is 4.65. The predicted octanol–water partition coefficient (Wildman–Crippen LogP) is 5.35. The third-order valence-electron chi connectivity index (χ3n) is 6.49. The van der Waals surface area contributed by atoms with E-state index in [2.05, 4.69) is 15.6 Å². The highest BCUT2D eigenvalue weighted by Crippen LogP contribution is 2.40. The normalized spacial score (nSPS) is 16.8. The molecule has 0 unspecified atom stereocenters. The van der Waals surface area contributed by atoms with E-state index in [1.165, 1.54) is 0 Å². The number of thiocarbonyl (C=S) groups is 1. The smallest absolute Gasteiger partial charge is 0.335 e. The van der Waals surface area contributed by atoms with Crippen LogP contribution < -0.4 is 10.6 Å². The monoisotopic (exact) mass is 526 g/mol. The standard InChI is InChI=1S/C29H26N4O4S/c1-18-17-19(28(35)36)10-11-21(18)23-12-13-24(37-23)27-26(22-9-5-6-15-30-22)32-29(38)33(27)16-14-25(34)31-20-7-3-2-4-8-20/h2-13,15,17,26-27H,14,16H2,1H3,(H,31,34)(H,32,38)(H,35,36)/t26-,27+/m1/s1. The van der Waals surface area contributed by atoms with Crippen molar-refractivity contribution in [3.63, 3.8) is 0 Å². The van der Waals surface area contributed by atoms with Crippen LogP contribution in [0.3, 0.4) is 0 Å². The van der Waals surface area contributed by atoms with E-state index >= 15 is 0 Å². The summed E-state index contributed by atoms with van der Waals surface area (Å²) in [4.78, 5) is 30.5. The van der Waals surface area contributed by atoms with Gasteiger partial charge in [0.15, 0.2) is 5.11 Å². The average molecular weight is 527 g/mol. The highest BCUT2D eigenvalue weighted by molar-refractivity contribution is 7.80. The Hall–Kier alpha value is -4.50. The Morgan fingerprint density at radius 1 is 1.08 bits per heavy atom. The van der Waals surface area contributed by atoms with Gasteiger partial charge in [0.1, 0.15) is 17.6 Å². The van der Waals surface area contributed by atoms with Gasteiger partial charge >= 0.3 is 5.97 Å². The molecule has 1 fully saturated rings. The molecule has 4 aromatic rings. The number of nitrogens with zero attached hydrogens (tertiary/aromatic N) is 2. The van der Waals surface area contributed by atoms with E-state index in [0.717, 1.165) is 22.5 Å². The zero-order valence-corrected chi connectivity index (χ0v) is 21.4. The molecule has 0 radical (unpaired) electrons. The molecule has 2 atom stereocenters. The van der Waals surface area contributed by atoms with Crippen molar-refractivity contribution in [1.29, 1.82) is 0 Å². The number of hydrogen-bond donors (Lipinski definition) is 3. The Labute approximate surface area is 225 Å². The van der Waals surface area contributed by atoms with E-state index < -0.39 is 5.97 Å². The quantitative estimate of drug-likeness (QED) is 0.264. The number of para-hydroxylation sites is 1. The van der Waals surface area contributed by atoms with Crippen molar-refractivity contribution in [3.8, 4) is 11.3 Å². The highest BCUT2D eigenvalue weighted by atomic mass is 32.1. The van der Waals surface area contributed by atoms with Crippen molar-refractivity contribution >= 4 is 34.9 Å². The Kier molecular flexibility index (Phi) is 7.19. The molecule has 3 N–H and O–H groups in total. The number of hydrogen-bond acceptors (Lipinski definition) is 5. The third kappa shape index (κ3) is 5.28. The van der Waals surface area contributed by atoms with Gasteiger partial charge in [-0.05, 0) is 73.2 Å². The van der Waals surface area contributed by atoms with Crippen molar-refractivity contribution in [1.82, 2.24) is 15.2 Å². The molecule has 2 aromatic carbocycles. The SMILES string of the molecule is Cc1cc(C(=O)O)ccc1-c1ccc([C@H]2[C@@H](c3ccccn3)NC(=S)N2CCC(=O)Nc2ccccc2)o1. The minimum atomic E-state index is -0.976. The first-order chi connectivity index (χ1) is 18.4. The number of carbonyl (C=O) groups is 2. The number of aromatic carboxylic acids is 1. The predicted molar refractivity (Wildman–Crippen MR) is 148 cm³/mol. The summed E-state index contributed by atoms with van der Waals surface area (Å²) in [7, 11) is 0. The van der Waals surface area contributed by atoms with Gasteiger partial charge in [-0.15, -0.1) is 0 Å². The molecule has 8 nitrogen and oxygen atoms in total. The summed E-state index contributed by atoms with van der Waals surface area (Å²) in [5.41, 5.74) is 3.36. The van der Waals surface area contributed by atoms with Crippen LogP contribution in [0.1, 0.15) is 45.9 Å². The van der Waals surface area contributed by atoms with Crippen molar-refractivity contribution in [2.75, 3.05) is 11.9 Å². The summed E-state index contributed by atoms with van der Waals surface area (Å²) >= 11 is 5.69. The van der Waals surface area contributed by atoms with Gasteiger partial charge in [-0.25, -0.2) is 4.79 Å². The van der Waals surface area contributed by atoms with Gasteiger partial charge in [0, 0.05) is 30.4 Å². The number of nitrogens with one attached hydrogen (secondary N) is 2. The van der Waals surface area contributed by atoms with Crippen LogP contribution in [0.2, 0.25) is 0 Å².